The maximum atomic E-state index is 12.4. The Morgan fingerprint density at radius 2 is 1.81 bits per heavy atom. The van der Waals surface area contributed by atoms with Crippen LogP contribution in [0.2, 0.25) is 0 Å². The molecule has 0 aliphatic heterocycles. The van der Waals surface area contributed by atoms with Crippen LogP contribution in [0.25, 0.3) is 11.2 Å². The minimum atomic E-state index is -0.469. The molecule has 2 rings (SSSR count). The van der Waals surface area contributed by atoms with E-state index in [1.165, 1.54) is 27.6 Å². The van der Waals surface area contributed by atoms with E-state index in [-0.39, 0.29) is 30.8 Å². The summed E-state index contributed by atoms with van der Waals surface area (Å²) in [5.41, 5.74) is -0.412. The summed E-state index contributed by atoms with van der Waals surface area (Å²) in [7, 11) is 0. The number of nitrogens with zero attached hydrogens (tertiary/aromatic N) is 4. The van der Waals surface area contributed by atoms with Crippen molar-refractivity contribution in [3.8, 4) is 0 Å². The van der Waals surface area contributed by atoms with Gasteiger partial charge in [0.15, 0.2) is 11.2 Å². The number of rotatable bonds is 6. The number of hydrogen-bond acceptors (Lipinski definition) is 4. The lowest BCUT2D eigenvalue weighted by Crippen LogP contribution is -2.40. The number of carbonyl (C=O) groups excluding carboxylic acids is 1. The molecule has 7 heteroatoms. The van der Waals surface area contributed by atoms with Gasteiger partial charge in [0.05, 0.1) is 12.9 Å². The van der Waals surface area contributed by atoms with Crippen molar-refractivity contribution in [2.75, 3.05) is 0 Å². The van der Waals surface area contributed by atoms with Gasteiger partial charge in [-0.1, -0.05) is 12.2 Å². The molecule has 0 aromatic carbocycles. The zero-order valence-electron chi connectivity index (χ0n) is 11.4. The molecule has 2 aromatic heterocycles. The molecule has 0 spiro atoms. The van der Waals surface area contributed by atoms with E-state index in [2.05, 4.69) is 18.1 Å². The van der Waals surface area contributed by atoms with Gasteiger partial charge in [-0.05, 0) is 0 Å². The Labute approximate surface area is 119 Å². The summed E-state index contributed by atoms with van der Waals surface area (Å²) in [6, 6.07) is 0. The molecule has 0 fully saturated rings. The van der Waals surface area contributed by atoms with Crippen molar-refractivity contribution in [3.63, 3.8) is 0 Å². The van der Waals surface area contributed by atoms with Crippen LogP contribution in [-0.4, -0.2) is 24.6 Å². The molecule has 2 aromatic rings. The Bertz CT molecular complexity index is 863. The molecular formula is C14H14N4O3. The van der Waals surface area contributed by atoms with Crippen molar-refractivity contribution in [2.45, 2.75) is 19.6 Å². The fraction of sp³-hybridized carbons (Fsp3) is 0.214. The number of aromatic nitrogens is 4. The molecule has 0 saturated carbocycles. The second-order valence-electron chi connectivity index (χ2n) is 4.28. The Hall–Kier alpha value is -2.92. The molecular weight excluding hydrogens is 272 g/mol. The van der Waals surface area contributed by atoms with E-state index in [0.717, 1.165) is 4.57 Å². The van der Waals surface area contributed by atoms with Gasteiger partial charge in [0, 0.05) is 19.2 Å². The summed E-state index contributed by atoms with van der Waals surface area (Å²) in [6.45, 7) is 7.63. The summed E-state index contributed by atoms with van der Waals surface area (Å²) in [5, 5.41) is 0. The van der Waals surface area contributed by atoms with E-state index in [0.29, 0.717) is 0 Å². The van der Waals surface area contributed by atoms with Gasteiger partial charge in [0.1, 0.15) is 5.94 Å². The molecule has 0 saturated heterocycles. The van der Waals surface area contributed by atoms with E-state index >= 15 is 0 Å². The Kier molecular flexibility index (Phi) is 4.15. The minimum Gasteiger partial charge on any atom is -0.320 e. The van der Waals surface area contributed by atoms with Crippen LogP contribution in [-0.2, 0) is 24.4 Å². The van der Waals surface area contributed by atoms with Crippen molar-refractivity contribution in [3.05, 3.63) is 58.6 Å². The van der Waals surface area contributed by atoms with Crippen LogP contribution in [0.4, 0.5) is 0 Å². The third-order valence-corrected chi connectivity index (χ3v) is 2.98. The van der Waals surface area contributed by atoms with Gasteiger partial charge in [0.25, 0.3) is 5.56 Å². The molecule has 0 radical (unpaired) electrons. The molecule has 21 heavy (non-hydrogen) atoms. The first-order valence-corrected chi connectivity index (χ1v) is 6.25. The molecule has 108 valence electrons. The van der Waals surface area contributed by atoms with E-state index in [9.17, 15) is 14.4 Å². The van der Waals surface area contributed by atoms with Crippen LogP contribution >= 0.6 is 0 Å². The normalized spacial score (nSPS) is 10.3. The Morgan fingerprint density at radius 1 is 1.14 bits per heavy atom. The maximum absolute atomic E-state index is 12.4. The summed E-state index contributed by atoms with van der Waals surface area (Å²) in [6.07, 6.45) is 5.67. The summed E-state index contributed by atoms with van der Waals surface area (Å²) < 4.78 is 3.93. The lowest BCUT2D eigenvalue weighted by atomic mass is 10.4. The maximum Gasteiger partial charge on any atom is 0.333 e. The van der Waals surface area contributed by atoms with Crippen molar-refractivity contribution < 1.29 is 4.79 Å². The minimum absolute atomic E-state index is 0.0967. The third-order valence-electron chi connectivity index (χ3n) is 2.98. The molecule has 0 aliphatic carbocycles. The van der Waals surface area contributed by atoms with Crippen molar-refractivity contribution in [1.29, 1.82) is 0 Å². The van der Waals surface area contributed by atoms with Gasteiger partial charge in [-0.15, -0.1) is 13.2 Å². The summed E-state index contributed by atoms with van der Waals surface area (Å²) >= 11 is 0. The standard InChI is InChI=1S/C14H14N4O3/c1-3-6-17-12-11(16(10-15-12)8-5-9-19)13(20)18(7-4-2)14(17)21/h3-5,10H,1-2,6-8H2. The molecule has 0 atom stereocenters. The zero-order valence-corrected chi connectivity index (χ0v) is 11.4. The van der Waals surface area contributed by atoms with E-state index < -0.39 is 11.2 Å². The molecule has 2 heterocycles. The molecule has 0 unspecified atom stereocenters. The van der Waals surface area contributed by atoms with Crippen molar-refractivity contribution in [2.24, 2.45) is 0 Å². The van der Waals surface area contributed by atoms with Gasteiger partial charge in [0.2, 0.25) is 0 Å². The van der Waals surface area contributed by atoms with Gasteiger partial charge in [-0.2, -0.15) is 0 Å². The topological polar surface area (TPSA) is 78.9 Å². The van der Waals surface area contributed by atoms with Gasteiger partial charge in [-0.3, -0.25) is 13.9 Å². The lowest BCUT2D eigenvalue weighted by molar-refractivity contribution is 0.567. The predicted molar refractivity (Wildman–Crippen MR) is 78.9 cm³/mol. The molecule has 0 aliphatic rings. The Balaban J connectivity index is 2.88. The van der Waals surface area contributed by atoms with E-state index in [1.54, 1.807) is 12.0 Å². The highest BCUT2D eigenvalue weighted by Crippen LogP contribution is 2.07. The monoisotopic (exact) mass is 286 g/mol. The zero-order chi connectivity index (χ0) is 15.4. The Morgan fingerprint density at radius 3 is 2.43 bits per heavy atom. The SMILES string of the molecule is C=CCn1c(=O)c2c(ncn2CC=C=O)n(CC=C)c1=O. The quantitative estimate of drug-likeness (QED) is 0.558. The fourth-order valence-corrected chi connectivity index (χ4v) is 2.10. The molecule has 7 nitrogen and oxygen atoms in total. The van der Waals surface area contributed by atoms with Crippen LogP contribution in [0.15, 0.2) is 47.3 Å². The van der Waals surface area contributed by atoms with Crippen LogP contribution in [0.3, 0.4) is 0 Å². The molecule has 0 bridgehead atoms. The summed E-state index contributed by atoms with van der Waals surface area (Å²) in [4.78, 5) is 39.2. The first-order chi connectivity index (χ1) is 10.2. The summed E-state index contributed by atoms with van der Waals surface area (Å²) in [5.74, 6) is 1.65. The van der Waals surface area contributed by atoms with Gasteiger partial charge < -0.3 is 4.57 Å². The first-order valence-electron chi connectivity index (χ1n) is 6.25. The fourth-order valence-electron chi connectivity index (χ4n) is 2.10. The highest BCUT2D eigenvalue weighted by atomic mass is 16.2. The average Bonchev–Trinajstić information content (AvgIpc) is 2.89. The number of hydrogen-bond donors (Lipinski definition) is 0. The second-order valence-corrected chi connectivity index (χ2v) is 4.28. The van der Waals surface area contributed by atoms with E-state index in [4.69, 9.17) is 0 Å². The highest BCUT2D eigenvalue weighted by Gasteiger charge is 2.16. The van der Waals surface area contributed by atoms with Crippen molar-refractivity contribution in [1.82, 2.24) is 18.7 Å². The number of allylic oxidation sites excluding steroid dienone is 3. The smallest absolute Gasteiger partial charge is 0.320 e. The van der Waals surface area contributed by atoms with Gasteiger partial charge >= 0.3 is 5.69 Å². The first kappa shape index (κ1) is 14.5. The van der Waals surface area contributed by atoms with E-state index in [1.807, 2.05) is 0 Å². The largest absolute Gasteiger partial charge is 0.333 e. The number of imidazole rings is 1. The molecule has 0 amide bonds. The van der Waals surface area contributed by atoms with Gasteiger partial charge in [-0.25, -0.2) is 14.6 Å². The highest BCUT2D eigenvalue weighted by molar-refractivity contribution is 5.70. The van der Waals surface area contributed by atoms with Crippen LogP contribution < -0.4 is 11.2 Å². The van der Waals surface area contributed by atoms with Crippen LogP contribution in [0.1, 0.15) is 0 Å². The van der Waals surface area contributed by atoms with Crippen LogP contribution in [0.5, 0.6) is 0 Å². The average molecular weight is 286 g/mol. The third kappa shape index (κ3) is 2.42. The molecule has 0 N–H and O–H groups in total. The second kappa shape index (κ2) is 6.02. The van der Waals surface area contributed by atoms with Crippen LogP contribution in [0, 0.1) is 0 Å². The predicted octanol–water partition coefficient (Wildman–Crippen LogP) is 0.119. The lowest BCUT2D eigenvalue weighted by Gasteiger charge is -2.09. The van der Waals surface area contributed by atoms with Crippen molar-refractivity contribution >= 4 is 17.1 Å². The number of fused-ring (bicyclic) bond motifs is 1.